The number of thiocarbonyl (C=S) groups is 1. The van der Waals surface area contributed by atoms with Crippen LogP contribution in [-0.2, 0) is 14.3 Å². The SMILES string of the molecule is CCCCOC(=O)c1ccc(-c2ccc(C=C3C(=O)NC(=S)NC3=O)o2)cc1. The molecule has 0 radical (unpaired) electrons. The van der Waals surface area contributed by atoms with Gasteiger partial charge in [-0.3, -0.25) is 20.2 Å². The zero-order valence-electron chi connectivity index (χ0n) is 15.1. The molecule has 2 heterocycles. The maximum Gasteiger partial charge on any atom is 0.338 e. The molecule has 3 rings (SSSR count). The quantitative estimate of drug-likeness (QED) is 0.255. The smallest absolute Gasteiger partial charge is 0.338 e. The summed E-state index contributed by atoms with van der Waals surface area (Å²) in [7, 11) is 0. The van der Waals surface area contributed by atoms with Gasteiger partial charge in [0.1, 0.15) is 17.1 Å². The number of esters is 1. The highest BCUT2D eigenvalue weighted by Crippen LogP contribution is 2.24. The van der Waals surface area contributed by atoms with Gasteiger partial charge in [0.15, 0.2) is 5.11 Å². The van der Waals surface area contributed by atoms with E-state index >= 15 is 0 Å². The predicted octanol–water partition coefficient (Wildman–Crippen LogP) is 2.82. The van der Waals surface area contributed by atoms with Gasteiger partial charge < -0.3 is 9.15 Å². The van der Waals surface area contributed by atoms with Crippen LogP contribution in [0.1, 0.15) is 35.9 Å². The van der Waals surface area contributed by atoms with Crippen LogP contribution in [0.15, 0.2) is 46.4 Å². The van der Waals surface area contributed by atoms with Crippen LogP contribution in [0.25, 0.3) is 17.4 Å². The minimum absolute atomic E-state index is 0.0272. The molecular formula is C20H18N2O5S. The van der Waals surface area contributed by atoms with Gasteiger partial charge in [-0.15, -0.1) is 0 Å². The summed E-state index contributed by atoms with van der Waals surface area (Å²) in [5.74, 6) is -0.663. The number of amides is 2. The van der Waals surface area contributed by atoms with Crippen LogP contribution in [0.3, 0.4) is 0 Å². The maximum atomic E-state index is 11.9. The second-order valence-electron chi connectivity index (χ2n) is 6.06. The topological polar surface area (TPSA) is 97.6 Å². The number of benzene rings is 1. The van der Waals surface area contributed by atoms with Crippen LogP contribution in [-0.4, -0.2) is 29.5 Å². The molecule has 144 valence electrons. The van der Waals surface area contributed by atoms with E-state index in [1.807, 2.05) is 6.92 Å². The summed E-state index contributed by atoms with van der Waals surface area (Å²) in [6, 6.07) is 10.2. The lowest BCUT2D eigenvalue weighted by Crippen LogP contribution is -2.51. The molecule has 1 aliphatic heterocycles. The molecule has 0 saturated carbocycles. The van der Waals surface area contributed by atoms with Crippen LogP contribution in [0.2, 0.25) is 0 Å². The molecule has 1 fully saturated rings. The average molecular weight is 398 g/mol. The standard InChI is InChI=1S/C20H18N2O5S/c1-2-3-10-26-19(25)13-6-4-12(5-7-13)16-9-8-14(27-16)11-15-17(23)21-20(28)22-18(15)24/h4-9,11H,2-3,10H2,1H3,(H2,21,22,23,24,28). The molecule has 1 aromatic carbocycles. The zero-order valence-corrected chi connectivity index (χ0v) is 15.9. The number of hydrogen-bond donors (Lipinski definition) is 2. The second-order valence-corrected chi connectivity index (χ2v) is 6.47. The fraction of sp³-hybridized carbons (Fsp3) is 0.200. The van der Waals surface area contributed by atoms with Gasteiger partial charge in [0, 0.05) is 5.56 Å². The van der Waals surface area contributed by atoms with Gasteiger partial charge in [-0.2, -0.15) is 0 Å². The third-order valence-electron chi connectivity index (χ3n) is 3.99. The van der Waals surface area contributed by atoms with Gasteiger partial charge in [-0.05, 0) is 49.0 Å². The maximum absolute atomic E-state index is 11.9. The summed E-state index contributed by atoms with van der Waals surface area (Å²) in [6.45, 7) is 2.43. The number of carbonyl (C=O) groups excluding carboxylic acids is 3. The molecule has 28 heavy (non-hydrogen) atoms. The first kappa shape index (κ1) is 19.5. The lowest BCUT2D eigenvalue weighted by Gasteiger charge is -2.15. The summed E-state index contributed by atoms with van der Waals surface area (Å²) < 4.78 is 10.9. The Balaban J connectivity index is 1.72. The van der Waals surface area contributed by atoms with Gasteiger partial charge in [0.2, 0.25) is 0 Å². The molecule has 8 heteroatoms. The second kappa shape index (κ2) is 8.62. The number of rotatable bonds is 6. The minimum atomic E-state index is -0.586. The van der Waals surface area contributed by atoms with Gasteiger partial charge in [-0.1, -0.05) is 25.5 Å². The monoisotopic (exact) mass is 398 g/mol. The van der Waals surface area contributed by atoms with E-state index in [0.717, 1.165) is 18.4 Å². The number of carbonyl (C=O) groups is 3. The van der Waals surface area contributed by atoms with Crippen LogP contribution in [0, 0.1) is 0 Å². The fourth-order valence-electron chi connectivity index (χ4n) is 2.50. The van der Waals surface area contributed by atoms with Crippen molar-refractivity contribution in [1.82, 2.24) is 10.6 Å². The Morgan fingerprint density at radius 2 is 1.79 bits per heavy atom. The molecule has 2 aromatic rings. The highest BCUT2D eigenvalue weighted by atomic mass is 32.1. The normalized spacial score (nSPS) is 13.8. The molecule has 0 unspecified atom stereocenters. The molecule has 0 bridgehead atoms. The summed E-state index contributed by atoms with van der Waals surface area (Å²) in [5, 5.41) is 4.69. The van der Waals surface area contributed by atoms with E-state index in [0.29, 0.717) is 23.7 Å². The summed E-state index contributed by atoms with van der Waals surface area (Å²) in [5.41, 5.74) is 1.11. The van der Waals surface area contributed by atoms with Gasteiger partial charge >= 0.3 is 5.97 Å². The van der Waals surface area contributed by atoms with Gasteiger partial charge in [0.25, 0.3) is 11.8 Å². The van der Waals surface area contributed by atoms with Crippen LogP contribution in [0.4, 0.5) is 0 Å². The van der Waals surface area contributed by atoms with Crippen molar-refractivity contribution >= 4 is 41.2 Å². The third-order valence-corrected chi connectivity index (χ3v) is 4.20. The Kier molecular flexibility index (Phi) is 6.00. The van der Waals surface area contributed by atoms with Crippen molar-refractivity contribution in [2.75, 3.05) is 6.61 Å². The molecule has 1 saturated heterocycles. The lowest BCUT2D eigenvalue weighted by atomic mass is 10.1. The van der Waals surface area contributed by atoms with E-state index in [2.05, 4.69) is 10.6 Å². The molecule has 2 amide bonds. The highest BCUT2D eigenvalue weighted by molar-refractivity contribution is 7.80. The summed E-state index contributed by atoms with van der Waals surface area (Å²) in [6.07, 6.45) is 3.13. The number of ether oxygens (including phenoxy) is 1. The molecule has 0 aliphatic carbocycles. The highest BCUT2D eigenvalue weighted by Gasteiger charge is 2.26. The minimum Gasteiger partial charge on any atom is -0.462 e. The number of unbranched alkanes of at least 4 members (excludes halogenated alkanes) is 1. The number of hydrogen-bond acceptors (Lipinski definition) is 6. The average Bonchev–Trinajstić information content (AvgIpc) is 3.13. The van der Waals surface area contributed by atoms with Crippen LogP contribution in [0.5, 0.6) is 0 Å². The van der Waals surface area contributed by atoms with E-state index < -0.39 is 11.8 Å². The van der Waals surface area contributed by atoms with Crippen molar-refractivity contribution in [3.8, 4) is 11.3 Å². The number of furan rings is 1. The van der Waals surface area contributed by atoms with Crippen molar-refractivity contribution in [3.05, 3.63) is 53.3 Å². The Morgan fingerprint density at radius 1 is 1.11 bits per heavy atom. The first-order valence-electron chi connectivity index (χ1n) is 8.73. The molecule has 1 aliphatic rings. The van der Waals surface area contributed by atoms with E-state index in [1.165, 1.54) is 6.08 Å². The first-order chi connectivity index (χ1) is 13.5. The number of nitrogens with one attached hydrogen (secondary N) is 2. The largest absolute Gasteiger partial charge is 0.462 e. The molecule has 0 atom stereocenters. The van der Waals surface area contributed by atoms with Crippen molar-refractivity contribution in [2.45, 2.75) is 19.8 Å². The molecule has 0 spiro atoms. The zero-order chi connectivity index (χ0) is 20.1. The Morgan fingerprint density at radius 3 is 2.43 bits per heavy atom. The van der Waals surface area contributed by atoms with Crippen molar-refractivity contribution < 1.29 is 23.5 Å². The Labute approximate surface area is 166 Å². The van der Waals surface area contributed by atoms with Gasteiger partial charge in [0.05, 0.1) is 12.2 Å². The molecule has 7 nitrogen and oxygen atoms in total. The van der Waals surface area contributed by atoms with E-state index in [9.17, 15) is 14.4 Å². The lowest BCUT2D eigenvalue weighted by molar-refractivity contribution is -0.123. The van der Waals surface area contributed by atoms with E-state index in [1.54, 1.807) is 36.4 Å². The van der Waals surface area contributed by atoms with Crippen molar-refractivity contribution in [3.63, 3.8) is 0 Å². The Hall–Kier alpha value is -3.26. The van der Waals surface area contributed by atoms with Crippen molar-refractivity contribution in [1.29, 1.82) is 0 Å². The summed E-state index contributed by atoms with van der Waals surface area (Å²) >= 11 is 4.76. The predicted molar refractivity (Wildman–Crippen MR) is 106 cm³/mol. The third kappa shape index (κ3) is 4.52. The Bertz CT molecular complexity index is 937. The first-order valence-corrected chi connectivity index (χ1v) is 9.14. The van der Waals surface area contributed by atoms with Crippen LogP contribution >= 0.6 is 12.2 Å². The van der Waals surface area contributed by atoms with E-state index in [4.69, 9.17) is 21.4 Å². The summed E-state index contributed by atoms with van der Waals surface area (Å²) in [4.78, 5) is 35.7. The molecular weight excluding hydrogens is 380 g/mol. The van der Waals surface area contributed by atoms with Crippen LogP contribution < -0.4 is 10.6 Å². The van der Waals surface area contributed by atoms with E-state index in [-0.39, 0.29) is 16.7 Å². The van der Waals surface area contributed by atoms with Gasteiger partial charge in [-0.25, -0.2) is 4.79 Å². The fourth-order valence-corrected chi connectivity index (χ4v) is 2.68. The van der Waals surface area contributed by atoms with Crippen molar-refractivity contribution in [2.24, 2.45) is 0 Å². The molecule has 1 aromatic heterocycles. The molecule has 2 N–H and O–H groups in total.